The van der Waals surface area contributed by atoms with Crippen LogP contribution >= 0.6 is 23.2 Å². The number of piperidine rings is 1. The minimum absolute atomic E-state index is 0.0724. The third-order valence-corrected chi connectivity index (χ3v) is 5.97. The SMILES string of the molecule is CCC[C@@]1(O)C[C@H](c2ccc(Cl)cc2)N[C@H](c2ccc(Cl)cc2)[C@@H]1C. The van der Waals surface area contributed by atoms with Crippen molar-refractivity contribution in [1.29, 1.82) is 0 Å². The molecule has 4 heteroatoms. The van der Waals surface area contributed by atoms with E-state index in [0.29, 0.717) is 6.42 Å². The molecule has 0 bridgehead atoms. The Morgan fingerprint density at radius 1 is 1.00 bits per heavy atom. The van der Waals surface area contributed by atoms with Gasteiger partial charge in [0.25, 0.3) is 0 Å². The Morgan fingerprint density at radius 2 is 1.52 bits per heavy atom. The summed E-state index contributed by atoms with van der Waals surface area (Å²) in [5.41, 5.74) is 1.61. The van der Waals surface area contributed by atoms with Crippen molar-refractivity contribution in [2.75, 3.05) is 0 Å². The number of nitrogens with one attached hydrogen (secondary N) is 1. The van der Waals surface area contributed by atoms with Crippen molar-refractivity contribution in [1.82, 2.24) is 5.32 Å². The van der Waals surface area contributed by atoms with Crippen molar-refractivity contribution in [3.05, 3.63) is 69.7 Å². The van der Waals surface area contributed by atoms with Crippen LogP contribution in [-0.2, 0) is 0 Å². The van der Waals surface area contributed by atoms with E-state index in [4.69, 9.17) is 23.2 Å². The number of rotatable bonds is 4. The highest BCUT2D eigenvalue weighted by molar-refractivity contribution is 6.30. The Morgan fingerprint density at radius 3 is 2.04 bits per heavy atom. The number of hydrogen-bond acceptors (Lipinski definition) is 2. The lowest BCUT2D eigenvalue weighted by Crippen LogP contribution is -2.52. The lowest BCUT2D eigenvalue weighted by atomic mass is 9.70. The second-order valence-electron chi connectivity index (χ2n) is 7.15. The highest BCUT2D eigenvalue weighted by Gasteiger charge is 2.45. The summed E-state index contributed by atoms with van der Waals surface area (Å²) in [4.78, 5) is 0. The molecular weight excluding hydrogens is 353 g/mol. The molecule has 0 unspecified atom stereocenters. The summed E-state index contributed by atoms with van der Waals surface area (Å²) in [5, 5.41) is 16.6. The minimum atomic E-state index is -0.700. The summed E-state index contributed by atoms with van der Waals surface area (Å²) in [7, 11) is 0. The molecule has 134 valence electrons. The van der Waals surface area contributed by atoms with E-state index in [1.807, 2.05) is 48.5 Å². The maximum absolute atomic E-state index is 11.4. The highest BCUT2D eigenvalue weighted by atomic mass is 35.5. The molecule has 1 saturated heterocycles. The van der Waals surface area contributed by atoms with Crippen LogP contribution in [0, 0.1) is 5.92 Å². The Hall–Kier alpha value is -1.06. The van der Waals surface area contributed by atoms with Gasteiger partial charge in [-0.1, -0.05) is 67.7 Å². The predicted molar refractivity (Wildman–Crippen MR) is 105 cm³/mol. The molecule has 0 aliphatic carbocycles. The Balaban J connectivity index is 1.95. The molecule has 1 heterocycles. The molecule has 0 amide bonds. The molecule has 0 spiro atoms. The average Bonchev–Trinajstić information content (AvgIpc) is 2.59. The van der Waals surface area contributed by atoms with Crippen molar-refractivity contribution in [3.8, 4) is 0 Å². The van der Waals surface area contributed by atoms with Crippen molar-refractivity contribution in [3.63, 3.8) is 0 Å². The molecule has 3 rings (SSSR count). The Kier molecular flexibility index (Phi) is 5.75. The summed E-state index contributed by atoms with van der Waals surface area (Å²) < 4.78 is 0. The maximum atomic E-state index is 11.4. The third kappa shape index (κ3) is 4.03. The molecule has 1 fully saturated rings. The molecule has 1 aliphatic rings. The zero-order valence-corrected chi connectivity index (χ0v) is 16.2. The minimum Gasteiger partial charge on any atom is -0.389 e. The normalized spacial score (nSPS) is 29.6. The van der Waals surface area contributed by atoms with Gasteiger partial charge in [-0.3, -0.25) is 0 Å². The first-order valence-electron chi connectivity index (χ1n) is 8.92. The summed E-state index contributed by atoms with van der Waals surface area (Å²) in [5.74, 6) is 0.108. The molecule has 4 atom stereocenters. The van der Waals surface area contributed by atoms with Gasteiger partial charge < -0.3 is 10.4 Å². The lowest BCUT2D eigenvalue weighted by molar-refractivity contribution is -0.0743. The smallest absolute Gasteiger partial charge is 0.0709 e. The van der Waals surface area contributed by atoms with E-state index >= 15 is 0 Å². The van der Waals surface area contributed by atoms with E-state index in [1.165, 1.54) is 0 Å². The fourth-order valence-electron chi connectivity index (χ4n) is 4.00. The molecule has 2 N–H and O–H groups in total. The average molecular weight is 378 g/mol. The van der Waals surface area contributed by atoms with Crippen molar-refractivity contribution in [2.24, 2.45) is 5.92 Å². The third-order valence-electron chi connectivity index (χ3n) is 5.47. The fourth-order valence-corrected chi connectivity index (χ4v) is 4.25. The topological polar surface area (TPSA) is 32.3 Å². The Bertz CT molecular complexity index is 701. The van der Waals surface area contributed by atoms with Gasteiger partial charge >= 0.3 is 0 Å². The van der Waals surface area contributed by atoms with Gasteiger partial charge in [0.1, 0.15) is 0 Å². The van der Waals surface area contributed by atoms with Gasteiger partial charge in [-0.2, -0.15) is 0 Å². The van der Waals surface area contributed by atoms with Gasteiger partial charge in [-0.15, -0.1) is 0 Å². The van der Waals surface area contributed by atoms with Gasteiger partial charge in [0.15, 0.2) is 0 Å². The largest absolute Gasteiger partial charge is 0.389 e. The second-order valence-corrected chi connectivity index (χ2v) is 8.02. The first kappa shape index (κ1) is 18.7. The molecule has 2 nitrogen and oxygen atoms in total. The van der Waals surface area contributed by atoms with Gasteiger partial charge in [0.2, 0.25) is 0 Å². The van der Waals surface area contributed by atoms with Crippen LogP contribution in [0.15, 0.2) is 48.5 Å². The summed E-state index contributed by atoms with van der Waals surface area (Å²) in [6.07, 6.45) is 2.46. The number of hydrogen-bond donors (Lipinski definition) is 2. The van der Waals surface area contributed by atoms with Crippen LogP contribution in [0.1, 0.15) is 56.3 Å². The summed E-state index contributed by atoms with van der Waals surface area (Å²) >= 11 is 12.1. The highest BCUT2D eigenvalue weighted by Crippen LogP contribution is 2.45. The molecule has 0 radical (unpaired) electrons. The first-order valence-corrected chi connectivity index (χ1v) is 9.68. The number of halogens is 2. The van der Waals surface area contributed by atoms with Crippen LogP contribution in [0.2, 0.25) is 10.0 Å². The number of benzene rings is 2. The van der Waals surface area contributed by atoms with Gasteiger partial charge in [-0.05, 0) is 48.2 Å². The zero-order valence-electron chi connectivity index (χ0n) is 14.7. The van der Waals surface area contributed by atoms with E-state index in [9.17, 15) is 5.11 Å². The predicted octanol–water partition coefficient (Wildman–Crippen LogP) is 5.94. The first-order chi connectivity index (χ1) is 11.9. The van der Waals surface area contributed by atoms with Crippen LogP contribution < -0.4 is 5.32 Å². The van der Waals surface area contributed by atoms with Crippen molar-refractivity contribution >= 4 is 23.2 Å². The number of aliphatic hydroxyl groups is 1. The quantitative estimate of drug-likeness (QED) is 0.690. The van der Waals surface area contributed by atoms with Crippen LogP contribution in [-0.4, -0.2) is 10.7 Å². The van der Waals surface area contributed by atoms with Gasteiger partial charge in [-0.25, -0.2) is 0 Å². The van der Waals surface area contributed by atoms with Crippen LogP contribution in [0.5, 0.6) is 0 Å². The summed E-state index contributed by atoms with van der Waals surface area (Å²) in [6.45, 7) is 4.27. The standard InChI is InChI=1S/C21H25Cl2NO/c1-3-12-21(25)13-19(15-4-8-17(22)9-5-15)24-20(14(21)2)16-6-10-18(23)11-7-16/h4-11,14,19-20,24-25H,3,12-13H2,1-2H3/t14-,19+,20-,21+/m0/s1. The summed E-state index contributed by atoms with van der Waals surface area (Å²) in [6, 6.07) is 16.0. The molecule has 0 aromatic heterocycles. The van der Waals surface area contributed by atoms with Crippen molar-refractivity contribution < 1.29 is 5.11 Å². The molecule has 2 aromatic rings. The molecule has 2 aromatic carbocycles. The fraction of sp³-hybridized carbons (Fsp3) is 0.429. The maximum Gasteiger partial charge on any atom is 0.0709 e. The van der Waals surface area contributed by atoms with Crippen LogP contribution in [0.25, 0.3) is 0 Å². The van der Waals surface area contributed by atoms with Crippen molar-refractivity contribution in [2.45, 2.75) is 50.8 Å². The second kappa shape index (κ2) is 7.67. The van der Waals surface area contributed by atoms with Gasteiger partial charge in [0.05, 0.1) is 5.60 Å². The Labute approximate surface area is 160 Å². The molecular formula is C21H25Cl2NO. The van der Waals surface area contributed by atoms with E-state index in [2.05, 4.69) is 19.2 Å². The van der Waals surface area contributed by atoms with E-state index in [1.54, 1.807) is 0 Å². The van der Waals surface area contributed by atoms with Crippen LogP contribution in [0.4, 0.5) is 0 Å². The monoisotopic (exact) mass is 377 g/mol. The molecule has 0 saturated carbocycles. The van der Waals surface area contributed by atoms with Crippen LogP contribution in [0.3, 0.4) is 0 Å². The van der Waals surface area contributed by atoms with E-state index < -0.39 is 5.60 Å². The zero-order chi connectivity index (χ0) is 18.0. The van der Waals surface area contributed by atoms with E-state index in [0.717, 1.165) is 34.0 Å². The molecule has 25 heavy (non-hydrogen) atoms. The van der Waals surface area contributed by atoms with E-state index in [-0.39, 0.29) is 18.0 Å². The lowest BCUT2D eigenvalue weighted by Gasteiger charge is -2.48. The molecule has 1 aliphatic heterocycles. The van der Waals surface area contributed by atoms with Gasteiger partial charge in [0, 0.05) is 28.0 Å².